The van der Waals surface area contributed by atoms with Gasteiger partial charge in [0.1, 0.15) is 0 Å². The van der Waals surface area contributed by atoms with E-state index in [-0.39, 0.29) is 17.7 Å². The Labute approximate surface area is 181 Å². The maximum atomic E-state index is 13.7. The van der Waals surface area contributed by atoms with Gasteiger partial charge in [0.05, 0.1) is 21.8 Å². The Balaban J connectivity index is 1.63. The van der Waals surface area contributed by atoms with Crippen molar-refractivity contribution in [1.29, 1.82) is 0 Å². The van der Waals surface area contributed by atoms with Gasteiger partial charge in [-0.05, 0) is 40.5 Å². The van der Waals surface area contributed by atoms with Gasteiger partial charge in [0.25, 0.3) is 0 Å². The van der Waals surface area contributed by atoms with Crippen molar-refractivity contribution in [3.63, 3.8) is 0 Å². The van der Waals surface area contributed by atoms with Crippen LogP contribution in [0, 0.1) is 11.8 Å². The van der Waals surface area contributed by atoms with Crippen LogP contribution in [0.3, 0.4) is 0 Å². The fraction of sp³-hybridized carbons (Fsp3) is 0.167. The molecular weight excluding hydrogens is 450 g/mol. The minimum Gasteiger partial charge on any atom is -0.274 e. The maximum absolute atomic E-state index is 13.7. The van der Waals surface area contributed by atoms with E-state index in [1.165, 1.54) is 4.90 Å². The molecule has 2 amide bonds. The average molecular weight is 465 g/mol. The minimum absolute atomic E-state index is 0.132. The topological polar surface area (TPSA) is 37.4 Å². The molecule has 0 aromatic heterocycles. The molecule has 3 aromatic rings. The van der Waals surface area contributed by atoms with E-state index >= 15 is 0 Å². The van der Waals surface area contributed by atoms with Gasteiger partial charge in [-0.3, -0.25) is 9.59 Å². The second kappa shape index (κ2) is 5.80. The molecule has 0 spiro atoms. The van der Waals surface area contributed by atoms with Crippen LogP contribution in [0.5, 0.6) is 0 Å². The smallest absolute Gasteiger partial charge is 0.239 e. The highest BCUT2D eigenvalue weighted by Gasteiger charge is 2.67. The first kappa shape index (κ1) is 17.4. The molecular formula is C24H15BrClNO2. The van der Waals surface area contributed by atoms with Crippen LogP contribution in [0.2, 0.25) is 5.02 Å². The summed E-state index contributed by atoms with van der Waals surface area (Å²) in [6, 6.07) is 23.3. The summed E-state index contributed by atoms with van der Waals surface area (Å²) in [4.78, 5) is 28.7. The number of alkyl halides is 1. The molecule has 142 valence electrons. The molecule has 5 heteroatoms. The molecule has 29 heavy (non-hydrogen) atoms. The summed E-state index contributed by atoms with van der Waals surface area (Å²) in [5.41, 5.74) is 4.94. The van der Waals surface area contributed by atoms with Crippen molar-refractivity contribution in [3.8, 4) is 0 Å². The highest BCUT2D eigenvalue weighted by atomic mass is 79.9. The Morgan fingerprint density at radius 3 is 2.07 bits per heavy atom. The predicted molar refractivity (Wildman–Crippen MR) is 115 cm³/mol. The standard InChI is InChI=1S/C24H15BrClNO2/c25-24-17-10-3-1-8-15(17)19(16-9-2-4-11-18(16)24)20-21(24)23(29)27(22(20)28)14-7-5-6-13(26)12-14/h1-12,19-21H/t19?,20-,21+,24?/m0/s1. The van der Waals surface area contributed by atoms with Gasteiger partial charge >= 0.3 is 0 Å². The molecule has 2 atom stereocenters. The van der Waals surface area contributed by atoms with Crippen LogP contribution in [0.15, 0.2) is 72.8 Å². The van der Waals surface area contributed by atoms with Crippen molar-refractivity contribution in [2.45, 2.75) is 10.2 Å². The van der Waals surface area contributed by atoms with E-state index in [9.17, 15) is 9.59 Å². The number of halogens is 2. The second-order valence-corrected chi connectivity index (χ2v) is 9.55. The van der Waals surface area contributed by atoms with Crippen LogP contribution >= 0.6 is 27.5 Å². The Kier molecular flexibility index (Phi) is 3.49. The van der Waals surface area contributed by atoms with Crippen molar-refractivity contribution >= 4 is 45.0 Å². The number of hydrogen-bond acceptors (Lipinski definition) is 2. The van der Waals surface area contributed by atoms with E-state index in [1.54, 1.807) is 24.3 Å². The molecule has 0 radical (unpaired) electrons. The minimum atomic E-state index is -0.723. The first-order chi connectivity index (χ1) is 14.0. The van der Waals surface area contributed by atoms with Gasteiger partial charge < -0.3 is 0 Å². The molecule has 2 bridgehead atoms. The largest absolute Gasteiger partial charge is 0.274 e. The van der Waals surface area contributed by atoms with Crippen LogP contribution < -0.4 is 4.90 Å². The van der Waals surface area contributed by atoms with E-state index < -0.39 is 16.2 Å². The summed E-state index contributed by atoms with van der Waals surface area (Å²) in [7, 11) is 0. The third kappa shape index (κ3) is 2.03. The number of anilines is 1. The van der Waals surface area contributed by atoms with Crippen molar-refractivity contribution in [2.24, 2.45) is 11.8 Å². The van der Waals surface area contributed by atoms with Crippen LogP contribution in [-0.4, -0.2) is 11.8 Å². The summed E-state index contributed by atoms with van der Waals surface area (Å²) in [5, 5.41) is 0.501. The van der Waals surface area contributed by atoms with Crippen LogP contribution in [0.1, 0.15) is 28.2 Å². The summed E-state index contributed by atoms with van der Waals surface area (Å²) in [6.45, 7) is 0. The van der Waals surface area contributed by atoms with E-state index in [0.717, 1.165) is 22.3 Å². The van der Waals surface area contributed by atoms with Crippen molar-refractivity contribution < 1.29 is 9.59 Å². The first-order valence-corrected chi connectivity index (χ1v) is 10.7. The lowest BCUT2D eigenvalue weighted by Gasteiger charge is -2.51. The quantitative estimate of drug-likeness (QED) is 0.365. The highest BCUT2D eigenvalue weighted by Crippen LogP contribution is 2.66. The molecule has 4 aliphatic rings. The van der Waals surface area contributed by atoms with Crippen LogP contribution in [0.4, 0.5) is 5.69 Å². The summed E-state index contributed by atoms with van der Waals surface area (Å²) < 4.78 is -0.723. The maximum Gasteiger partial charge on any atom is 0.239 e. The van der Waals surface area contributed by atoms with Crippen molar-refractivity contribution in [3.05, 3.63) is 100 Å². The Morgan fingerprint density at radius 1 is 0.828 bits per heavy atom. The number of amides is 2. The normalized spacial score (nSPS) is 28.9. The zero-order valence-electron chi connectivity index (χ0n) is 15.2. The zero-order chi connectivity index (χ0) is 19.9. The molecule has 7 rings (SSSR count). The predicted octanol–water partition coefficient (Wildman–Crippen LogP) is 5.24. The summed E-state index contributed by atoms with van der Waals surface area (Å²) >= 11 is 10.2. The molecule has 1 fully saturated rings. The van der Waals surface area contributed by atoms with Gasteiger partial charge in [0.2, 0.25) is 11.8 Å². The van der Waals surface area contributed by atoms with E-state index in [0.29, 0.717) is 10.7 Å². The lowest BCUT2D eigenvalue weighted by molar-refractivity contribution is -0.122. The third-order valence-corrected chi connectivity index (χ3v) is 8.16. The van der Waals surface area contributed by atoms with E-state index in [1.807, 2.05) is 24.3 Å². The number of benzene rings is 3. The summed E-state index contributed by atoms with van der Waals surface area (Å²) in [6.07, 6.45) is 0. The lowest BCUT2D eigenvalue weighted by Crippen LogP contribution is -2.50. The van der Waals surface area contributed by atoms with Gasteiger partial charge in [-0.1, -0.05) is 82.1 Å². The van der Waals surface area contributed by atoms with Gasteiger partial charge in [-0.15, -0.1) is 0 Å². The van der Waals surface area contributed by atoms with Crippen LogP contribution in [-0.2, 0) is 13.9 Å². The van der Waals surface area contributed by atoms with Crippen LogP contribution in [0.25, 0.3) is 0 Å². The lowest BCUT2D eigenvalue weighted by atomic mass is 9.55. The van der Waals surface area contributed by atoms with Gasteiger partial charge in [0.15, 0.2) is 0 Å². The fourth-order valence-corrected chi connectivity index (χ4v) is 6.94. The van der Waals surface area contributed by atoms with Gasteiger partial charge in [-0.2, -0.15) is 0 Å². The second-order valence-electron chi connectivity index (χ2n) is 7.86. The number of carbonyl (C=O) groups excluding carboxylic acids is 2. The number of imide groups is 1. The SMILES string of the molecule is O=C1[C@H]2C3c4ccccc4C(Br)(c4ccccc43)[C@H]2C(=O)N1c1cccc(Cl)c1. The molecule has 1 saturated heterocycles. The monoisotopic (exact) mass is 463 g/mol. The molecule has 1 aliphatic heterocycles. The summed E-state index contributed by atoms with van der Waals surface area (Å²) in [5.74, 6) is -1.39. The molecule has 3 aliphatic carbocycles. The molecule has 3 aromatic carbocycles. The van der Waals surface area contributed by atoms with Crippen molar-refractivity contribution in [1.82, 2.24) is 0 Å². The fourth-order valence-electron chi connectivity index (χ4n) is 5.55. The molecule has 3 nitrogen and oxygen atoms in total. The first-order valence-electron chi connectivity index (χ1n) is 9.54. The van der Waals surface area contributed by atoms with E-state index in [4.69, 9.17) is 11.6 Å². The van der Waals surface area contributed by atoms with E-state index in [2.05, 4.69) is 40.2 Å². The zero-order valence-corrected chi connectivity index (χ0v) is 17.5. The Hall–Kier alpha value is -2.43. The number of nitrogens with zero attached hydrogens (tertiary/aromatic N) is 1. The number of hydrogen-bond donors (Lipinski definition) is 0. The Morgan fingerprint density at radius 2 is 1.45 bits per heavy atom. The number of carbonyl (C=O) groups is 2. The molecule has 0 N–H and O–H groups in total. The molecule has 0 unspecified atom stereocenters. The third-order valence-electron chi connectivity index (χ3n) is 6.58. The molecule has 1 heterocycles. The highest BCUT2D eigenvalue weighted by molar-refractivity contribution is 9.09. The van der Waals surface area contributed by atoms with Gasteiger partial charge in [0, 0.05) is 10.9 Å². The average Bonchev–Trinajstić information content (AvgIpc) is 3.00. The number of rotatable bonds is 1. The Bertz CT molecular complexity index is 1180. The van der Waals surface area contributed by atoms with Crippen molar-refractivity contribution in [2.75, 3.05) is 4.90 Å². The molecule has 0 saturated carbocycles. The van der Waals surface area contributed by atoms with Gasteiger partial charge in [-0.25, -0.2) is 4.90 Å².